The molecule has 3 rings (SSSR count). The number of aryl methyl sites for hydroxylation is 1. The predicted molar refractivity (Wildman–Crippen MR) is 101 cm³/mol. The number of hydrogen-bond donors (Lipinski definition) is 1. The molecule has 0 aliphatic heterocycles. The minimum absolute atomic E-state index is 0.000740. The number of halogens is 1. The number of unbranched alkanes of at least 4 members (excludes halogenated alkanes) is 1. The molecule has 0 saturated heterocycles. The normalized spacial score (nSPS) is 10.7. The Morgan fingerprint density at radius 3 is 2.53 bits per heavy atom. The van der Waals surface area contributed by atoms with E-state index in [4.69, 9.17) is 8.83 Å². The van der Waals surface area contributed by atoms with Gasteiger partial charge in [-0.2, -0.15) is 9.88 Å². The van der Waals surface area contributed by atoms with Crippen molar-refractivity contribution in [2.45, 2.75) is 32.6 Å². The SMILES string of the molecule is CC(=O)CCCCc1nc(N(C(=O)O)C(=O)c2ncoc2-c2ccc(F)cc2)co1. The Bertz CT molecular complexity index is 1060. The van der Waals surface area contributed by atoms with Crippen LogP contribution < -0.4 is 4.90 Å². The zero-order chi connectivity index (χ0) is 21.7. The lowest BCUT2D eigenvalue weighted by Gasteiger charge is -2.13. The van der Waals surface area contributed by atoms with Crippen LogP contribution >= 0.6 is 0 Å². The van der Waals surface area contributed by atoms with Crippen LogP contribution in [0.1, 0.15) is 42.6 Å². The number of ketones is 1. The van der Waals surface area contributed by atoms with Gasteiger partial charge in [0.05, 0.1) is 0 Å². The molecule has 1 N–H and O–H groups in total. The number of amides is 2. The highest BCUT2D eigenvalue weighted by atomic mass is 19.1. The van der Waals surface area contributed by atoms with Crippen molar-refractivity contribution in [1.82, 2.24) is 9.97 Å². The number of anilines is 1. The highest BCUT2D eigenvalue weighted by Crippen LogP contribution is 2.26. The van der Waals surface area contributed by atoms with Gasteiger partial charge >= 0.3 is 6.09 Å². The lowest BCUT2D eigenvalue weighted by Crippen LogP contribution is -2.36. The molecule has 3 aromatic rings. The fourth-order valence-corrected chi connectivity index (χ4v) is 2.77. The van der Waals surface area contributed by atoms with E-state index in [2.05, 4.69) is 9.97 Å². The second kappa shape index (κ2) is 9.12. The Morgan fingerprint density at radius 1 is 1.13 bits per heavy atom. The molecule has 9 nitrogen and oxygen atoms in total. The summed E-state index contributed by atoms with van der Waals surface area (Å²) in [6.07, 6.45) is 2.57. The molecular weight excluding hydrogens is 397 g/mol. The molecule has 1 aromatic carbocycles. The molecule has 0 fully saturated rings. The first-order valence-corrected chi connectivity index (χ1v) is 9.07. The zero-order valence-electron chi connectivity index (χ0n) is 16.0. The maximum absolute atomic E-state index is 13.2. The fraction of sp³-hybridized carbons (Fsp3) is 0.250. The van der Waals surface area contributed by atoms with Crippen molar-refractivity contribution in [3.05, 3.63) is 54.3 Å². The van der Waals surface area contributed by atoms with E-state index in [-0.39, 0.29) is 28.9 Å². The van der Waals surface area contributed by atoms with Crippen molar-refractivity contribution >= 4 is 23.6 Å². The quantitative estimate of drug-likeness (QED) is 0.545. The summed E-state index contributed by atoms with van der Waals surface area (Å²) in [7, 11) is 0. The van der Waals surface area contributed by atoms with E-state index >= 15 is 0 Å². The summed E-state index contributed by atoms with van der Waals surface area (Å²) in [4.78, 5) is 43.9. The van der Waals surface area contributed by atoms with E-state index in [0.717, 1.165) is 12.7 Å². The number of imide groups is 1. The first kappa shape index (κ1) is 20.9. The van der Waals surface area contributed by atoms with E-state index in [1.165, 1.54) is 31.2 Å². The van der Waals surface area contributed by atoms with E-state index in [1.54, 1.807) is 0 Å². The van der Waals surface area contributed by atoms with Gasteiger partial charge in [0.1, 0.15) is 17.9 Å². The third-order valence-electron chi connectivity index (χ3n) is 4.21. The number of Topliss-reactive ketones (excluding diaryl/α,β-unsaturated/α-hetero) is 1. The average molecular weight is 415 g/mol. The lowest BCUT2D eigenvalue weighted by atomic mass is 10.1. The highest BCUT2D eigenvalue weighted by molar-refractivity contribution is 6.19. The largest absolute Gasteiger partial charge is 0.464 e. The van der Waals surface area contributed by atoms with E-state index in [0.29, 0.717) is 36.1 Å². The number of rotatable bonds is 8. The van der Waals surface area contributed by atoms with Crippen LogP contribution in [-0.4, -0.2) is 32.9 Å². The van der Waals surface area contributed by atoms with Crippen LogP contribution in [-0.2, 0) is 11.2 Å². The van der Waals surface area contributed by atoms with Crippen molar-refractivity contribution < 1.29 is 32.7 Å². The van der Waals surface area contributed by atoms with Gasteiger partial charge in [-0.3, -0.25) is 4.79 Å². The molecule has 30 heavy (non-hydrogen) atoms. The first-order valence-electron chi connectivity index (χ1n) is 9.07. The summed E-state index contributed by atoms with van der Waals surface area (Å²) in [6.45, 7) is 1.50. The first-order chi connectivity index (χ1) is 14.4. The Kier molecular flexibility index (Phi) is 6.35. The molecule has 156 valence electrons. The van der Waals surface area contributed by atoms with Crippen molar-refractivity contribution in [2.24, 2.45) is 0 Å². The van der Waals surface area contributed by atoms with Crippen LogP contribution in [0.25, 0.3) is 11.3 Å². The van der Waals surface area contributed by atoms with Crippen LogP contribution in [0.2, 0.25) is 0 Å². The molecule has 10 heteroatoms. The maximum Gasteiger partial charge on any atom is 0.420 e. The van der Waals surface area contributed by atoms with Gasteiger partial charge in [-0.15, -0.1) is 0 Å². The topological polar surface area (TPSA) is 127 Å². The summed E-state index contributed by atoms with van der Waals surface area (Å²) in [5, 5.41) is 9.56. The van der Waals surface area contributed by atoms with E-state index in [9.17, 15) is 23.9 Å². The number of carbonyl (C=O) groups excluding carboxylic acids is 2. The Balaban J connectivity index is 1.80. The monoisotopic (exact) mass is 415 g/mol. The van der Waals surface area contributed by atoms with Crippen molar-refractivity contribution in [3.8, 4) is 11.3 Å². The van der Waals surface area contributed by atoms with Crippen LogP contribution in [0, 0.1) is 5.82 Å². The zero-order valence-corrected chi connectivity index (χ0v) is 16.0. The maximum atomic E-state index is 13.2. The molecule has 0 aliphatic rings. The molecule has 2 aromatic heterocycles. The van der Waals surface area contributed by atoms with E-state index < -0.39 is 17.8 Å². The fourth-order valence-electron chi connectivity index (χ4n) is 2.77. The Labute approximate surface area is 170 Å². The van der Waals surface area contributed by atoms with Crippen LogP contribution in [0.4, 0.5) is 15.0 Å². The molecule has 0 spiro atoms. The van der Waals surface area contributed by atoms with Crippen LogP contribution in [0.3, 0.4) is 0 Å². The molecule has 2 amide bonds. The predicted octanol–water partition coefficient (Wildman–Crippen LogP) is 4.10. The smallest absolute Gasteiger partial charge is 0.420 e. The third kappa shape index (κ3) is 4.77. The number of carboxylic acid groups (broad SMARTS) is 1. The third-order valence-corrected chi connectivity index (χ3v) is 4.21. The van der Waals surface area contributed by atoms with Gasteiger partial charge in [-0.25, -0.2) is 14.2 Å². The van der Waals surface area contributed by atoms with Crippen LogP contribution in [0.15, 0.2) is 45.8 Å². The van der Waals surface area contributed by atoms with Gasteiger partial charge < -0.3 is 18.7 Å². The number of carbonyl (C=O) groups is 3. The number of oxazole rings is 2. The summed E-state index contributed by atoms with van der Waals surface area (Å²) in [5.41, 5.74) is 0.0870. The average Bonchev–Trinajstić information content (AvgIpc) is 3.35. The molecular formula is C20H18FN3O6. The minimum Gasteiger partial charge on any atom is -0.464 e. The van der Waals surface area contributed by atoms with E-state index in [1.807, 2.05) is 0 Å². The van der Waals surface area contributed by atoms with Crippen molar-refractivity contribution in [1.29, 1.82) is 0 Å². The minimum atomic E-state index is -1.58. The molecule has 0 saturated carbocycles. The Morgan fingerprint density at radius 2 is 1.87 bits per heavy atom. The van der Waals surface area contributed by atoms with Gasteiger partial charge in [0.2, 0.25) is 0 Å². The molecule has 0 atom stereocenters. The number of hydrogen-bond acceptors (Lipinski definition) is 7. The van der Waals surface area contributed by atoms with Crippen molar-refractivity contribution in [3.63, 3.8) is 0 Å². The Hall–Kier alpha value is -3.82. The van der Waals surface area contributed by atoms with Gasteiger partial charge in [0.15, 0.2) is 29.6 Å². The van der Waals surface area contributed by atoms with Crippen LogP contribution in [0.5, 0.6) is 0 Å². The molecule has 0 radical (unpaired) electrons. The standard InChI is InChI=1S/C20H18FN3O6/c1-12(25)4-2-3-5-16-23-15(10-29-16)24(20(27)28)19(26)17-18(30-11-22-17)13-6-8-14(21)9-7-13/h6-11H,2-5H2,1H3,(H,27,28). The number of benzene rings is 1. The summed E-state index contributed by atoms with van der Waals surface area (Å²) in [6, 6.07) is 5.12. The molecule has 2 heterocycles. The van der Waals surface area contributed by atoms with Gasteiger partial charge in [0, 0.05) is 18.4 Å². The summed E-state index contributed by atoms with van der Waals surface area (Å²) < 4.78 is 23.6. The molecule has 0 unspecified atom stereocenters. The molecule has 0 aliphatic carbocycles. The van der Waals surface area contributed by atoms with Gasteiger partial charge in [-0.1, -0.05) is 0 Å². The molecule has 0 bridgehead atoms. The summed E-state index contributed by atoms with van der Waals surface area (Å²) in [5.74, 6) is -1.37. The van der Waals surface area contributed by atoms with Gasteiger partial charge in [-0.05, 0) is 44.0 Å². The lowest BCUT2D eigenvalue weighted by molar-refractivity contribution is -0.117. The van der Waals surface area contributed by atoms with Gasteiger partial charge in [0.25, 0.3) is 5.91 Å². The number of nitrogens with zero attached hydrogens (tertiary/aromatic N) is 3. The van der Waals surface area contributed by atoms with Crippen molar-refractivity contribution in [2.75, 3.05) is 4.90 Å². The summed E-state index contributed by atoms with van der Waals surface area (Å²) >= 11 is 0. The number of aromatic nitrogens is 2. The second-order valence-electron chi connectivity index (χ2n) is 6.47. The second-order valence-corrected chi connectivity index (χ2v) is 6.47. The highest BCUT2D eigenvalue weighted by Gasteiger charge is 2.31.